The zero-order valence-corrected chi connectivity index (χ0v) is 14.3. The topological polar surface area (TPSA) is 66.4 Å². The van der Waals surface area contributed by atoms with Gasteiger partial charge in [-0.3, -0.25) is 4.98 Å². The first-order valence-corrected chi connectivity index (χ1v) is 8.30. The predicted octanol–water partition coefficient (Wildman–Crippen LogP) is 1.63. The van der Waals surface area contributed by atoms with Crippen molar-refractivity contribution in [3.8, 4) is 5.88 Å². The number of methoxy groups -OCH3 is 1. The Morgan fingerprint density at radius 2 is 1.96 bits per heavy atom. The van der Waals surface area contributed by atoms with E-state index in [1.165, 1.54) is 0 Å². The molecule has 1 N–H and O–H groups in total. The molecule has 1 fully saturated rings. The Morgan fingerprint density at radius 3 is 2.62 bits per heavy atom. The third-order valence-corrected chi connectivity index (χ3v) is 4.25. The summed E-state index contributed by atoms with van der Waals surface area (Å²) in [5.41, 5.74) is 1.11. The molecule has 0 aliphatic carbocycles. The van der Waals surface area contributed by atoms with Crippen LogP contribution in [0, 0.1) is 0 Å². The van der Waals surface area contributed by atoms with Gasteiger partial charge in [-0.25, -0.2) is 4.98 Å². The van der Waals surface area contributed by atoms with Crippen LogP contribution >= 0.6 is 0 Å². The Morgan fingerprint density at radius 1 is 1.12 bits per heavy atom. The molecule has 1 aliphatic heterocycles. The zero-order chi connectivity index (χ0) is 16.8. The molecular weight excluding hydrogens is 304 g/mol. The summed E-state index contributed by atoms with van der Waals surface area (Å²) < 4.78 is 5.07. The summed E-state index contributed by atoms with van der Waals surface area (Å²) in [6.07, 6.45) is 5.18. The van der Waals surface area contributed by atoms with Crippen LogP contribution < -0.4 is 15.0 Å². The molecule has 24 heavy (non-hydrogen) atoms. The van der Waals surface area contributed by atoms with Crippen LogP contribution in [0.3, 0.4) is 0 Å². The standard InChI is InChI=1S/C17H24N6O/c1-3-22-6-8-23(9-7-22)16-5-4-14(11-20-16)10-19-15-12-18-13-17(21-15)24-2/h4-5,11-13H,3,6-10H2,1-2H3,(H,19,21). The summed E-state index contributed by atoms with van der Waals surface area (Å²) in [4.78, 5) is 17.8. The van der Waals surface area contributed by atoms with E-state index in [2.05, 4.69) is 49.1 Å². The lowest BCUT2D eigenvalue weighted by Gasteiger charge is -2.34. The van der Waals surface area contributed by atoms with E-state index in [1.54, 1.807) is 19.5 Å². The molecule has 0 aromatic carbocycles. The molecule has 128 valence electrons. The van der Waals surface area contributed by atoms with Gasteiger partial charge in [0.1, 0.15) is 11.6 Å². The van der Waals surface area contributed by atoms with Crippen molar-refractivity contribution in [2.24, 2.45) is 0 Å². The summed E-state index contributed by atoms with van der Waals surface area (Å²) in [6, 6.07) is 4.20. The number of nitrogens with one attached hydrogen (secondary N) is 1. The highest BCUT2D eigenvalue weighted by Gasteiger charge is 2.16. The second-order valence-corrected chi connectivity index (χ2v) is 5.75. The molecule has 0 spiro atoms. The van der Waals surface area contributed by atoms with Gasteiger partial charge in [-0.1, -0.05) is 13.0 Å². The molecule has 3 rings (SSSR count). The number of likely N-dealkylation sites (N-methyl/N-ethyl adjacent to an activating group) is 1. The van der Waals surface area contributed by atoms with Gasteiger partial charge in [0.15, 0.2) is 0 Å². The quantitative estimate of drug-likeness (QED) is 0.864. The fourth-order valence-corrected chi connectivity index (χ4v) is 2.73. The first kappa shape index (κ1) is 16.4. The molecule has 1 aliphatic rings. The van der Waals surface area contributed by atoms with Crippen LogP contribution in [0.4, 0.5) is 11.6 Å². The number of hydrogen-bond acceptors (Lipinski definition) is 7. The number of hydrogen-bond donors (Lipinski definition) is 1. The Balaban J connectivity index is 1.54. The first-order valence-electron chi connectivity index (χ1n) is 8.30. The minimum Gasteiger partial charge on any atom is -0.480 e. The molecule has 2 aromatic rings. The van der Waals surface area contributed by atoms with E-state index in [-0.39, 0.29) is 0 Å². The minimum absolute atomic E-state index is 0.500. The molecule has 0 bridgehead atoms. The fraction of sp³-hybridized carbons (Fsp3) is 0.471. The molecule has 0 saturated carbocycles. The molecular formula is C17H24N6O. The first-order chi connectivity index (χ1) is 11.8. The van der Waals surface area contributed by atoms with Gasteiger partial charge in [-0.15, -0.1) is 0 Å². The van der Waals surface area contributed by atoms with Crippen LogP contribution in [0.1, 0.15) is 12.5 Å². The van der Waals surface area contributed by atoms with Crippen LogP contribution in [0.15, 0.2) is 30.7 Å². The van der Waals surface area contributed by atoms with E-state index >= 15 is 0 Å². The van der Waals surface area contributed by atoms with E-state index in [4.69, 9.17) is 4.74 Å². The Labute approximate surface area is 142 Å². The van der Waals surface area contributed by atoms with Crippen molar-refractivity contribution >= 4 is 11.6 Å². The van der Waals surface area contributed by atoms with Crippen molar-refractivity contribution in [1.29, 1.82) is 0 Å². The van der Waals surface area contributed by atoms with E-state index in [1.807, 2.05) is 6.20 Å². The van der Waals surface area contributed by atoms with Gasteiger partial charge in [0.25, 0.3) is 0 Å². The van der Waals surface area contributed by atoms with Gasteiger partial charge in [-0.05, 0) is 18.2 Å². The average molecular weight is 328 g/mol. The molecule has 1 saturated heterocycles. The summed E-state index contributed by atoms with van der Waals surface area (Å²) in [7, 11) is 1.58. The number of piperazine rings is 1. The molecule has 0 unspecified atom stereocenters. The van der Waals surface area contributed by atoms with Crippen LogP contribution in [-0.4, -0.2) is 59.7 Å². The highest BCUT2D eigenvalue weighted by molar-refractivity contribution is 5.41. The van der Waals surface area contributed by atoms with Crippen molar-refractivity contribution < 1.29 is 4.74 Å². The highest BCUT2D eigenvalue weighted by atomic mass is 16.5. The van der Waals surface area contributed by atoms with Gasteiger partial charge in [0, 0.05) is 38.9 Å². The number of aromatic nitrogens is 3. The monoisotopic (exact) mass is 328 g/mol. The maximum absolute atomic E-state index is 5.07. The van der Waals surface area contributed by atoms with E-state index in [0.717, 1.165) is 44.1 Å². The van der Waals surface area contributed by atoms with Gasteiger partial charge >= 0.3 is 0 Å². The largest absolute Gasteiger partial charge is 0.480 e. The second kappa shape index (κ2) is 7.92. The SMILES string of the molecule is CCN1CCN(c2ccc(CNc3cncc(OC)n3)cn2)CC1. The second-order valence-electron chi connectivity index (χ2n) is 5.75. The van der Waals surface area contributed by atoms with Gasteiger partial charge in [0.2, 0.25) is 5.88 Å². The van der Waals surface area contributed by atoms with Gasteiger partial charge in [0.05, 0.1) is 19.5 Å². The normalized spacial score (nSPS) is 15.3. The molecule has 0 radical (unpaired) electrons. The maximum atomic E-state index is 5.07. The molecule has 2 aromatic heterocycles. The summed E-state index contributed by atoms with van der Waals surface area (Å²) in [6.45, 7) is 8.28. The summed E-state index contributed by atoms with van der Waals surface area (Å²) >= 11 is 0. The minimum atomic E-state index is 0.500. The van der Waals surface area contributed by atoms with Crippen molar-refractivity contribution in [2.45, 2.75) is 13.5 Å². The van der Waals surface area contributed by atoms with E-state index < -0.39 is 0 Å². The van der Waals surface area contributed by atoms with Crippen molar-refractivity contribution in [3.05, 3.63) is 36.3 Å². The maximum Gasteiger partial charge on any atom is 0.233 e. The van der Waals surface area contributed by atoms with Gasteiger partial charge in [-0.2, -0.15) is 4.98 Å². The number of rotatable bonds is 6. The van der Waals surface area contributed by atoms with Crippen molar-refractivity contribution in [2.75, 3.05) is 50.1 Å². The summed E-state index contributed by atoms with van der Waals surface area (Å²) in [5.74, 6) is 2.24. The molecule has 0 amide bonds. The average Bonchev–Trinajstić information content (AvgIpc) is 2.67. The predicted molar refractivity (Wildman–Crippen MR) is 94.5 cm³/mol. The van der Waals surface area contributed by atoms with Crippen LogP contribution in [0.25, 0.3) is 0 Å². The van der Waals surface area contributed by atoms with Crippen LogP contribution in [0.5, 0.6) is 5.88 Å². The highest BCUT2D eigenvalue weighted by Crippen LogP contribution is 2.15. The van der Waals surface area contributed by atoms with E-state index in [9.17, 15) is 0 Å². The number of pyridine rings is 1. The molecule has 7 heteroatoms. The Bertz CT molecular complexity index is 640. The molecule has 3 heterocycles. The van der Waals surface area contributed by atoms with E-state index in [0.29, 0.717) is 18.2 Å². The lowest BCUT2D eigenvalue weighted by Crippen LogP contribution is -2.46. The number of anilines is 2. The Hall–Kier alpha value is -2.41. The molecule has 0 atom stereocenters. The Kier molecular flexibility index (Phi) is 5.43. The summed E-state index contributed by atoms with van der Waals surface area (Å²) in [5, 5.41) is 3.23. The van der Waals surface area contributed by atoms with Crippen molar-refractivity contribution in [3.63, 3.8) is 0 Å². The van der Waals surface area contributed by atoms with Gasteiger partial charge < -0.3 is 19.9 Å². The smallest absolute Gasteiger partial charge is 0.233 e. The van der Waals surface area contributed by atoms with Crippen LogP contribution in [-0.2, 0) is 6.54 Å². The fourth-order valence-electron chi connectivity index (χ4n) is 2.73. The lowest BCUT2D eigenvalue weighted by molar-refractivity contribution is 0.270. The zero-order valence-electron chi connectivity index (χ0n) is 14.3. The lowest BCUT2D eigenvalue weighted by atomic mass is 10.2. The van der Waals surface area contributed by atoms with Crippen molar-refractivity contribution in [1.82, 2.24) is 19.9 Å². The van der Waals surface area contributed by atoms with Crippen LogP contribution in [0.2, 0.25) is 0 Å². The number of nitrogens with zero attached hydrogens (tertiary/aromatic N) is 5. The third-order valence-electron chi connectivity index (χ3n) is 4.25. The number of ether oxygens (including phenoxy) is 1. The molecule has 7 nitrogen and oxygen atoms in total. The third kappa shape index (κ3) is 4.11.